The average Bonchev–Trinajstić information content (AvgIpc) is 3.58. The third kappa shape index (κ3) is 4.30. The van der Waals surface area contributed by atoms with E-state index < -0.39 is 0 Å². The second-order valence-corrected chi connectivity index (χ2v) is 8.98. The molecule has 31 heavy (non-hydrogen) atoms. The van der Waals surface area contributed by atoms with Gasteiger partial charge in [0.1, 0.15) is 11.8 Å². The van der Waals surface area contributed by atoms with Crippen molar-refractivity contribution in [2.75, 3.05) is 5.75 Å². The Balaban J connectivity index is 1.30. The van der Waals surface area contributed by atoms with Gasteiger partial charge in [-0.1, -0.05) is 29.4 Å². The Labute approximate surface area is 190 Å². The molecule has 0 fully saturated rings. The van der Waals surface area contributed by atoms with Gasteiger partial charge in [0.25, 0.3) is 11.1 Å². The van der Waals surface area contributed by atoms with Gasteiger partial charge < -0.3 is 8.83 Å². The lowest BCUT2D eigenvalue weighted by Crippen LogP contribution is -2.28. The number of rotatable bonds is 6. The Bertz CT molecular complexity index is 1200. The van der Waals surface area contributed by atoms with Crippen molar-refractivity contribution in [1.82, 2.24) is 15.2 Å². The molecule has 10 heteroatoms. The van der Waals surface area contributed by atoms with E-state index in [1.54, 1.807) is 41.9 Å². The molecule has 0 spiro atoms. The Kier molecular flexibility index (Phi) is 5.63. The molecular weight excluding hydrogens is 456 g/mol. The molecule has 0 N–H and O–H groups in total. The second kappa shape index (κ2) is 8.70. The van der Waals surface area contributed by atoms with Gasteiger partial charge in [0, 0.05) is 17.0 Å². The van der Waals surface area contributed by atoms with E-state index in [1.165, 1.54) is 16.8 Å². The summed E-state index contributed by atoms with van der Waals surface area (Å²) < 4.78 is 11.2. The summed E-state index contributed by atoms with van der Waals surface area (Å²) in [5.41, 5.74) is 1.63. The number of hydrogen-bond acceptors (Lipinski definition) is 8. The van der Waals surface area contributed by atoms with Crippen LogP contribution in [0.25, 0.3) is 11.5 Å². The minimum atomic E-state index is -0.271. The molecule has 1 aliphatic rings. The van der Waals surface area contributed by atoms with Crippen LogP contribution in [0, 0.1) is 0 Å². The largest absolute Gasteiger partial charge is 0.467 e. The van der Waals surface area contributed by atoms with E-state index in [9.17, 15) is 4.79 Å². The van der Waals surface area contributed by atoms with E-state index in [-0.39, 0.29) is 17.7 Å². The van der Waals surface area contributed by atoms with E-state index in [1.807, 2.05) is 29.6 Å². The van der Waals surface area contributed by atoms with Crippen LogP contribution in [0.1, 0.15) is 23.1 Å². The first-order valence-corrected chi connectivity index (χ1v) is 11.6. The maximum Gasteiger partial charge on any atom is 0.277 e. The molecule has 7 nitrogen and oxygen atoms in total. The predicted molar refractivity (Wildman–Crippen MR) is 119 cm³/mol. The molecule has 0 saturated heterocycles. The summed E-state index contributed by atoms with van der Waals surface area (Å²) in [5, 5.41) is 17.1. The Morgan fingerprint density at radius 1 is 1.19 bits per heavy atom. The van der Waals surface area contributed by atoms with Crippen LogP contribution < -0.4 is 0 Å². The number of thiophene rings is 1. The highest BCUT2D eigenvalue weighted by Crippen LogP contribution is 2.35. The number of carbonyl (C=O) groups is 1. The van der Waals surface area contributed by atoms with Crippen LogP contribution in [-0.2, 0) is 4.79 Å². The molecule has 5 rings (SSSR count). The van der Waals surface area contributed by atoms with E-state index in [4.69, 9.17) is 20.4 Å². The van der Waals surface area contributed by atoms with Crippen LogP contribution in [0.3, 0.4) is 0 Å². The molecule has 0 bridgehead atoms. The fraction of sp³-hybridized carbons (Fsp3) is 0.143. The van der Waals surface area contributed by atoms with Crippen molar-refractivity contribution in [3.63, 3.8) is 0 Å². The molecule has 1 unspecified atom stereocenters. The zero-order valence-electron chi connectivity index (χ0n) is 16.0. The number of benzene rings is 1. The maximum atomic E-state index is 13.0. The first-order valence-electron chi connectivity index (χ1n) is 9.36. The van der Waals surface area contributed by atoms with Crippen LogP contribution in [0.4, 0.5) is 0 Å². The number of amides is 1. The van der Waals surface area contributed by atoms with Crippen LogP contribution >= 0.6 is 34.7 Å². The first-order chi connectivity index (χ1) is 15.2. The molecule has 156 valence electrons. The lowest BCUT2D eigenvalue weighted by molar-refractivity contribution is -0.130. The second-order valence-electron chi connectivity index (χ2n) is 6.67. The molecule has 1 amide bonds. The van der Waals surface area contributed by atoms with Gasteiger partial charge >= 0.3 is 0 Å². The van der Waals surface area contributed by atoms with Crippen molar-refractivity contribution < 1.29 is 13.6 Å². The number of hydrazone groups is 1. The molecule has 3 aromatic heterocycles. The fourth-order valence-corrected chi connectivity index (χ4v) is 4.66. The van der Waals surface area contributed by atoms with Crippen LogP contribution in [0.15, 0.2) is 79.3 Å². The summed E-state index contributed by atoms with van der Waals surface area (Å²) in [4.78, 5) is 14.1. The number of nitrogens with zero attached hydrogens (tertiary/aromatic N) is 4. The molecule has 1 aromatic carbocycles. The number of thioether (sulfide) groups is 1. The lowest BCUT2D eigenvalue weighted by Gasteiger charge is -2.19. The number of hydrogen-bond donors (Lipinski definition) is 0. The third-order valence-electron chi connectivity index (χ3n) is 4.66. The van der Waals surface area contributed by atoms with Gasteiger partial charge in [-0.05, 0) is 47.8 Å². The summed E-state index contributed by atoms with van der Waals surface area (Å²) in [6, 6.07) is 14.5. The van der Waals surface area contributed by atoms with E-state index in [2.05, 4.69) is 15.3 Å². The van der Waals surface area contributed by atoms with Gasteiger partial charge in [-0.2, -0.15) is 5.10 Å². The Morgan fingerprint density at radius 3 is 2.81 bits per heavy atom. The van der Waals surface area contributed by atoms with E-state index in [0.29, 0.717) is 28.3 Å². The van der Waals surface area contributed by atoms with Crippen LogP contribution in [-0.4, -0.2) is 32.6 Å². The standard InChI is InChI=1S/C21H15ClN4O3S2/c22-14-7-5-13(6-8-14)20-23-24-21(29-20)31-12-19(27)26-16(17-3-1-9-28-17)11-15(25-26)18-4-2-10-30-18/h1-10,16H,11-12H2. The van der Waals surface area contributed by atoms with E-state index >= 15 is 0 Å². The highest BCUT2D eigenvalue weighted by atomic mass is 35.5. The fourth-order valence-electron chi connectivity index (χ4n) is 3.20. The number of aromatic nitrogens is 2. The number of carbonyl (C=O) groups excluding carboxylic acids is 1. The summed E-state index contributed by atoms with van der Waals surface area (Å²) in [6.45, 7) is 0. The maximum absolute atomic E-state index is 13.0. The SMILES string of the molecule is O=C(CSc1nnc(-c2ccc(Cl)cc2)o1)N1N=C(c2cccs2)CC1c1ccco1. The molecule has 4 aromatic rings. The highest BCUT2D eigenvalue weighted by molar-refractivity contribution is 7.99. The summed E-state index contributed by atoms with van der Waals surface area (Å²) >= 11 is 8.69. The smallest absolute Gasteiger partial charge is 0.277 e. The predicted octanol–water partition coefficient (Wildman–Crippen LogP) is 5.51. The van der Waals surface area contributed by atoms with Crippen molar-refractivity contribution >= 4 is 46.3 Å². The third-order valence-corrected chi connectivity index (χ3v) is 6.63. The number of furan rings is 1. The molecule has 1 atom stereocenters. The minimum absolute atomic E-state index is 0.112. The van der Waals surface area contributed by atoms with Crippen molar-refractivity contribution in [2.24, 2.45) is 5.10 Å². The molecule has 0 aliphatic carbocycles. The van der Waals surface area contributed by atoms with Crippen molar-refractivity contribution in [1.29, 1.82) is 0 Å². The van der Waals surface area contributed by atoms with Gasteiger partial charge in [0.15, 0.2) is 0 Å². The van der Waals surface area contributed by atoms with E-state index in [0.717, 1.165) is 16.2 Å². The zero-order chi connectivity index (χ0) is 21.2. The topological polar surface area (TPSA) is 84.7 Å². The monoisotopic (exact) mass is 470 g/mol. The lowest BCUT2D eigenvalue weighted by atomic mass is 10.1. The average molecular weight is 471 g/mol. The molecule has 0 saturated carbocycles. The van der Waals surface area contributed by atoms with Crippen molar-refractivity contribution in [3.05, 3.63) is 75.8 Å². The number of halogens is 1. The quantitative estimate of drug-likeness (QED) is 0.345. The molecule has 1 aliphatic heterocycles. The molecular formula is C21H15ClN4O3S2. The van der Waals surface area contributed by atoms with Gasteiger partial charge in [-0.3, -0.25) is 4.79 Å². The van der Waals surface area contributed by atoms with Crippen LogP contribution in [0.2, 0.25) is 5.02 Å². The summed E-state index contributed by atoms with van der Waals surface area (Å²) in [5.74, 6) is 1.03. The Morgan fingerprint density at radius 2 is 2.06 bits per heavy atom. The van der Waals surface area contributed by atoms with Crippen molar-refractivity contribution in [3.8, 4) is 11.5 Å². The normalized spacial score (nSPS) is 16.0. The molecule has 4 heterocycles. The highest BCUT2D eigenvalue weighted by Gasteiger charge is 2.35. The molecule has 0 radical (unpaired) electrons. The summed E-state index contributed by atoms with van der Waals surface area (Å²) in [6.07, 6.45) is 2.21. The van der Waals surface area contributed by atoms with Gasteiger partial charge in [0.05, 0.1) is 22.6 Å². The van der Waals surface area contributed by atoms with Gasteiger partial charge in [0.2, 0.25) is 5.89 Å². The minimum Gasteiger partial charge on any atom is -0.467 e. The summed E-state index contributed by atoms with van der Waals surface area (Å²) in [7, 11) is 0. The van der Waals surface area contributed by atoms with Gasteiger partial charge in [-0.25, -0.2) is 5.01 Å². The van der Waals surface area contributed by atoms with Crippen molar-refractivity contribution in [2.45, 2.75) is 17.7 Å². The van der Waals surface area contributed by atoms with Gasteiger partial charge in [-0.15, -0.1) is 21.5 Å². The zero-order valence-corrected chi connectivity index (χ0v) is 18.4. The van der Waals surface area contributed by atoms with Crippen LogP contribution in [0.5, 0.6) is 0 Å². The Hall–Kier alpha value is -2.88. The first kappa shape index (κ1) is 20.0.